The summed E-state index contributed by atoms with van der Waals surface area (Å²) in [5.41, 5.74) is 8.08. The molecule has 0 saturated carbocycles. The van der Waals surface area contributed by atoms with Gasteiger partial charge in [-0.2, -0.15) is 0 Å². The quantitative estimate of drug-likeness (QED) is 0.522. The predicted octanol–water partition coefficient (Wildman–Crippen LogP) is 4.06. The molecule has 1 aliphatic carbocycles. The lowest BCUT2D eigenvalue weighted by atomic mass is 9.71. The first-order valence-electron chi connectivity index (χ1n) is 10.9. The molecule has 33 heavy (non-hydrogen) atoms. The van der Waals surface area contributed by atoms with Crippen molar-refractivity contribution in [3.8, 4) is 11.1 Å². The van der Waals surface area contributed by atoms with Gasteiger partial charge in [-0.3, -0.25) is 9.78 Å². The summed E-state index contributed by atoms with van der Waals surface area (Å²) in [6.07, 6.45) is 10.9. The number of benzene rings is 1. The van der Waals surface area contributed by atoms with Gasteiger partial charge >= 0.3 is 0 Å². The van der Waals surface area contributed by atoms with E-state index in [-0.39, 0.29) is 5.56 Å². The molecule has 2 unspecified atom stereocenters. The lowest BCUT2D eigenvalue weighted by Crippen LogP contribution is -2.43. The molecule has 1 aliphatic rings. The highest BCUT2D eigenvalue weighted by Crippen LogP contribution is 2.41. The first kappa shape index (κ1) is 22.5. The van der Waals surface area contributed by atoms with Gasteiger partial charge in [0.25, 0.3) is 5.56 Å². The maximum Gasteiger partial charge on any atom is 0.251 e. The van der Waals surface area contributed by atoms with E-state index in [1.807, 2.05) is 79.7 Å². The molecule has 166 valence electrons. The van der Waals surface area contributed by atoms with Gasteiger partial charge in [-0.15, -0.1) is 0 Å². The molecule has 2 heterocycles. The third-order valence-corrected chi connectivity index (χ3v) is 5.90. The van der Waals surface area contributed by atoms with Crippen molar-refractivity contribution >= 4 is 0 Å². The summed E-state index contributed by atoms with van der Waals surface area (Å²) < 4.78 is 0. The van der Waals surface area contributed by atoms with Crippen molar-refractivity contribution in [3.05, 3.63) is 124 Å². The molecule has 0 spiro atoms. The SMILES string of the molecule is CN(C)CCC(O)(C1=C=C=CC=C1)C(c1cccnc1)c1cc(-c2ccccc2)c[nH]c1=O. The Morgan fingerprint density at radius 3 is 2.64 bits per heavy atom. The normalized spacial score (nSPS) is 15.3. The highest BCUT2D eigenvalue weighted by atomic mass is 16.3. The van der Waals surface area contributed by atoms with Crippen molar-refractivity contribution in [1.29, 1.82) is 0 Å². The van der Waals surface area contributed by atoms with Crippen LogP contribution in [0.2, 0.25) is 0 Å². The first-order valence-corrected chi connectivity index (χ1v) is 10.9. The lowest BCUT2D eigenvalue weighted by Gasteiger charge is -2.37. The van der Waals surface area contributed by atoms with E-state index < -0.39 is 11.5 Å². The lowest BCUT2D eigenvalue weighted by molar-refractivity contribution is 0.0480. The van der Waals surface area contributed by atoms with Gasteiger partial charge in [-0.05, 0) is 61.5 Å². The minimum absolute atomic E-state index is 0.244. The molecular weight excluding hydrogens is 410 g/mol. The number of nitrogens with zero attached hydrogens (tertiary/aromatic N) is 2. The van der Waals surface area contributed by atoms with Crippen LogP contribution in [0.4, 0.5) is 0 Å². The molecule has 3 aromatic rings. The molecular formula is C28H27N3O2. The molecule has 2 N–H and O–H groups in total. The van der Waals surface area contributed by atoms with E-state index in [1.54, 1.807) is 24.7 Å². The van der Waals surface area contributed by atoms with E-state index >= 15 is 0 Å². The van der Waals surface area contributed by atoms with Crippen LogP contribution in [0.15, 0.2) is 107 Å². The van der Waals surface area contributed by atoms with Gasteiger partial charge in [0.2, 0.25) is 0 Å². The Labute approximate surface area is 193 Å². The van der Waals surface area contributed by atoms with E-state index in [0.29, 0.717) is 24.1 Å². The van der Waals surface area contributed by atoms with Gasteiger partial charge < -0.3 is 15.0 Å². The summed E-state index contributed by atoms with van der Waals surface area (Å²) in [5, 5.41) is 12.3. The molecule has 0 fully saturated rings. The third kappa shape index (κ3) is 4.88. The van der Waals surface area contributed by atoms with Gasteiger partial charge in [-0.25, -0.2) is 0 Å². The van der Waals surface area contributed by atoms with Crippen LogP contribution in [-0.2, 0) is 0 Å². The fraction of sp³-hybridized carbons (Fsp3) is 0.214. The van der Waals surface area contributed by atoms with E-state index in [0.717, 1.165) is 16.7 Å². The van der Waals surface area contributed by atoms with E-state index in [2.05, 4.69) is 21.4 Å². The summed E-state index contributed by atoms with van der Waals surface area (Å²) in [7, 11) is 3.92. The standard InChI is InChI=1S/C28H27N3O2/c1-31(2)17-15-28(33,24-13-7-4-8-14-24)26(22-12-9-16-29-19-22)25-18-23(20-30-27(25)32)21-10-5-3-6-11-21/h3-7,9-13,16,18-20,26,33H,15,17H2,1-2H3,(H,30,32). The van der Waals surface area contributed by atoms with Crippen LogP contribution < -0.4 is 5.56 Å². The number of allylic oxidation sites excluding steroid dienone is 2. The smallest absolute Gasteiger partial charge is 0.251 e. The number of nitrogens with one attached hydrogen (secondary N) is 1. The minimum atomic E-state index is -1.41. The molecule has 0 saturated heterocycles. The van der Waals surface area contributed by atoms with E-state index in [4.69, 9.17) is 0 Å². The van der Waals surface area contributed by atoms with Crippen LogP contribution in [0, 0.1) is 0 Å². The van der Waals surface area contributed by atoms with Crippen molar-refractivity contribution < 1.29 is 5.11 Å². The van der Waals surface area contributed by atoms with Crippen LogP contribution in [0.25, 0.3) is 11.1 Å². The van der Waals surface area contributed by atoms with E-state index in [1.165, 1.54) is 0 Å². The summed E-state index contributed by atoms with van der Waals surface area (Å²) in [6.45, 7) is 0.617. The average molecular weight is 438 g/mol. The summed E-state index contributed by atoms with van der Waals surface area (Å²) >= 11 is 0. The molecule has 1 aromatic carbocycles. The second kappa shape index (κ2) is 9.83. The van der Waals surface area contributed by atoms with Gasteiger partial charge in [0.15, 0.2) is 0 Å². The second-order valence-corrected chi connectivity index (χ2v) is 8.44. The van der Waals surface area contributed by atoms with Crippen molar-refractivity contribution in [2.75, 3.05) is 20.6 Å². The summed E-state index contributed by atoms with van der Waals surface area (Å²) in [4.78, 5) is 22.4. The largest absolute Gasteiger partial charge is 0.383 e. The second-order valence-electron chi connectivity index (χ2n) is 8.44. The zero-order valence-electron chi connectivity index (χ0n) is 18.8. The Morgan fingerprint density at radius 2 is 1.97 bits per heavy atom. The van der Waals surface area contributed by atoms with Crippen LogP contribution in [0.1, 0.15) is 23.5 Å². The molecule has 5 heteroatoms. The van der Waals surface area contributed by atoms with Crippen molar-refractivity contribution in [1.82, 2.24) is 14.9 Å². The Bertz CT molecular complexity index is 1300. The average Bonchev–Trinajstić information content (AvgIpc) is 2.86. The number of rotatable bonds is 8. The van der Waals surface area contributed by atoms with Crippen LogP contribution >= 0.6 is 0 Å². The summed E-state index contributed by atoms with van der Waals surface area (Å²) in [6, 6.07) is 15.5. The monoisotopic (exact) mass is 437 g/mol. The van der Waals surface area contributed by atoms with Crippen LogP contribution in [0.5, 0.6) is 0 Å². The van der Waals surface area contributed by atoms with Gasteiger partial charge in [0, 0.05) is 42.2 Å². The predicted molar refractivity (Wildman–Crippen MR) is 131 cm³/mol. The van der Waals surface area contributed by atoms with Gasteiger partial charge in [-0.1, -0.05) is 53.9 Å². The molecule has 4 rings (SSSR count). The zero-order chi connectivity index (χ0) is 23.3. The fourth-order valence-electron chi connectivity index (χ4n) is 4.21. The maximum absolute atomic E-state index is 13.2. The molecule has 0 aliphatic heterocycles. The Morgan fingerprint density at radius 1 is 1.15 bits per heavy atom. The van der Waals surface area contributed by atoms with Crippen molar-refractivity contribution in [2.24, 2.45) is 0 Å². The van der Waals surface area contributed by atoms with Crippen molar-refractivity contribution in [2.45, 2.75) is 17.9 Å². The number of H-pyrrole nitrogens is 1. The Kier molecular flexibility index (Phi) is 6.69. The minimum Gasteiger partial charge on any atom is -0.383 e. The molecule has 5 nitrogen and oxygen atoms in total. The van der Waals surface area contributed by atoms with Gasteiger partial charge in [0.1, 0.15) is 5.60 Å². The molecule has 2 atom stereocenters. The first-order chi connectivity index (χ1) is 16.0. The number of hydrogen-bond donors (Lipinski definition) is 2. The number of hydrogen-bond acceptors (Lipinski definition) is 4. The Hall–Kier alpha value is -3.72. The Balaban J connectivity index is 1.96. The topological polar surface area (TPSA) is 69.2 Å². The molecule has 2 aromatic heterocycles. The zero-order valence-corrected chi connectivity index (χ0v) is 18.8. The number of aromatic nitrogens is 2. The fourth-order valence-corrected chi connectivity index (χ4v) is 4.21. The molecule has 0 bridgehead atoms. The third-order valence-electron chi connectivity index (χ3n) is 5.90. The molecule has 0 amide bonds. The highest BCUT2D eigenvalue weighted by molar-refractivity contribution is 5.63. The number of aliphatic hydroxyl groups is 1. The van der Waals surface area contributed by atoms with Gasteiger partial charge in [0.05, 0.1) is 0 Å². The van der Waals surface area contributed by atoms with Crippen LogP contribution in [-0.4, -0.2) is 46.2 Å². The summed E-state index contributed by atoms with van der Waals surface area (Å²) in [5.74, 6) is -0.661. The van der Waals surface area contributed by atoms with Crippen molar-refractivity contribution in [3.63, 3.8) is 0 Å². The molecule has 0 radical (unpaired) electrons. The van der Waals surface area contributed by atoms with E-state index in [9.17, 15) is 9.90 Å². The highest BCUT2D eigenvalue weighted by Gasteiger charge is 2.43. The number of aromatic amines is 1. The number of pyridine rings is 2. The maximum atomic E-state index is 13.2. The van der Waals surface area contributed by atoms with Crippen LogP contribution in [0.3, 0.4) is 0 Å².